The molecule has 0 amide bonds. The van der Waals surface area contributed by atoms with E-state index < -0.39 is 0 Å². The molecular weight excluding hydrogens is 240 g/mol. The van der Waals surface area contributed by atoms with E-state index in [4.69, 9.17) is 4.74 Å². The van der Waals surface area contributed by atoms with E-state index in [1.165, 1.54) is 43.4 Å². The molecule has 18 heavy (non-hydrogen) atoms. The van der Waals surface area contributed by atoms with Gasteiger partial charge in [-0.05, 0) is 43.4 Å². The van der Waals surface area contributed by atoms with Crippen molar-refractivity contribution in [3.8, 4) is 5.75 Å². The Hall–Kier alpha value is -0.630. The molecule has 0 heterocycles. The van der Waals surface area contributed by atoms with Crippen LogP contribution in [0.3, 0.4) is 0 Å². The van der Waals surface area contributed by atoms with E-state index in [2.05, 4.69) is 44.4 Å². The zero-order valence-corrected chi connectivity index (χ0v) is 12.8. The third kappa shape index (κ3) is 5.81. The first kappa shape index (κ1) is 15.4. The van der Waals surface area contributed by atoms with Gasteiger partial charge in [-0.2, -0.15) is 0 Å². The Kier molecular flexibility index (Phi) is 7.99. The molecule has 1 rings (SSSR count). The summed E-state index contributed by atoms with van der Waals surface area (Å²) in [4.78, 5) is 1.29. The molecule has 0 fully saturated rings. The van der Waals surface area contributed by atoms with Gasteiger partial charge in [0, 0.05) is 4.90 Å². The molecule has 0 saturated carbocycles. The Morgan fingerprint density at radius 1 is 1.00 bits per heavy atom. The first-order valence-electron chi connectivity index (χ1n) is 7.10. The topological polar surface area (TPSA) is 9.23 Å². The number of thioether (sulfide) groups is 1. The fraction of sp³-hybridized carbons (Fsp3) is 0.625. The van der Waals surface area contributed by atoms with Crippen LogP contribution >= 0.6 is 11.8 Å². The van der Waals surface area contributed by atoms with Gasteiger partial charge in [-0.15, -0.1) is 11.8 Å². The summed E-state index contributed by atoms with van der Waals surface area (Å²) in [6.45, 7) is 4.48. The number of hydrogen-bond acceptors (Lipinski definition) is 2. The van der Waals surface area contributed by atoms with Gasteiger partial charge in [0.1, 0.15) is 5.75 Å². The highest BCUT2D eigenvalue weighted by atomic mass is 32.2. The Labute approximate surface area is 116 Å². The number of benzene rings is 1. The van der Waals surface area contributed by atoms with Crippen molar-refractivity contribution in [1.29, 1.82) is 0 Å². The van der Waals surface area contributed by atoms with Crippen LogP contribution in [-0.4, -0.2) is 12.4 Å². The molecule has 0 bridgehead atoms. The minimum absolute atomic E-state index is 0.394. The highest BCUT2D eigenvalue weighted by molar-refractivity contribution is 7.98. The van der Waals surface area contributed by atoms with E-state index in [0.29, 0.717) is 6.10 Å². The minimum atomic E-state index is 0.394. The second-order valence-electron chi connectivity index (χ2n) is 4.70. The van der Waals surface area contributed by atoms with Crippen molar-refractivity contribution >= 4 is 11.8 Å². The van der Waals surface area contributed by atoms with Crippen LogP contribution in [0.25, 0.3) is 0 Å². The van der Waals surface area contributed by atoms with Crippen molar-refractivity contribution in [2.45, 2.75) is 63.4 Å². The first-order valence-corrected chi connectivity index (χ1v) is 8.33. The van der Waals surface area contributed by atoms with Crippen LogP contribution in [0.4, 0.5) is 0 Å². The Morgan fingerprint density at radius 2 is 1.56 bits per heavy atom. The molecule has 0 N–H and O–H groups in total. The van der Waals surface area contributed by atoms with Gasteiger partial charge in [0.25, 0.3) is 0 Å². The lowest BCUT2D eigenvalue weighted by Gasteiger charge is -2.19. The smallest absolute Gasteiger partial charge is 0.119 e. The molecule has 1 aromatic carbocycles. The van der Waals surface area contributed by atoms with Crippen LogP contribution in [0.1, 0.15) is 52.4 Å². The van der Waals surface area contributed by atoms with Crippen molar-refractivity contribution in [1.82, 2.24) is 0 Å². The maximum atomic E-state index is 6.11. The molecular formula is C16H26OS. The summed E-state index contributed by atoms with van der Waals surface area (Å²) >= 11 is 1.77. The van der Waals surface area contributed by atoms with E-state index >= 15 is 0 Å². The maximum absolute atomic E-state index is 6.11. The second kappa shape index (κ2) is 9.32. The van der Waals surface area contributed by atoms with Crippen molar-refractivity contribution < 1.29 is 4.74 Å². The number of ether oxygens (including phenoxy) is 1. The van der Waals surface area contributed by atoms with Gasteiger partial charge in [-0.1, -0.05) is 39.5 Å². The normalized spacial score (nSPS) is 10.9. The molecule has 0 aliphatic rings. The fourth-order valence-corrected chi connectivity index (χ4v) is 2.38. The molecule has 102 valence electrons. The van der Waals surface area contributed by atoms with E-state index in [9.17, 15) is 0 Å². The first-order chi connectivity index (χ1) is 8.80. The van der Waals surface area contributed by atoms with Crippen LogP contribution in [0.15, 0.2) is 29.2 Å². The van der Waals surface area contributed by atoms with E-state index in [1.54, 1.807) is 11.8 Å². The molecule has 2 heteroatoms. The molecule has 0 spiro atoms. The average Bonchev–Trinajstić information content (AvgIpc) is 2.42. The third-order valence-corrected chi connectivity index (χ3v) is 3.87. The summed E-state index contributed by atoms with van der Waals surface area (Å²) in [7, 11) is 0. The van der Waals surface area contributed by atoms with Gasteiger partial charge in [0.2, 0.25) is 0 Å². The predicted molar refractivity (Wildman–Crippen MR) is 81.7 cm³/mol. The van der Waals surface area contributed by atoms with Gasteiger partial charge >= 0.3 is 0 Å². The summed E-state index contributed by atoms with van der Waals surface area (Å²) in [6.07, 6.45) is 9.87. The predicted octanol–water partition coefficient (Wildman–Crippen LogP) is 5.54. The summed E-state index contributed by atoms with van der Waals surface area (Å²) in [5.41, 5.74) is 0. The van der Waals surface area contributed by atoms with E-state index in [1.807, 2.05) is 0 Å². The minimum Gasteiger partial charge on any atom is -0.490 e. The maximum Gasteiger partial charge on any atom is 0.119 e. The molecule has 0 aliphatic heterocycles. The fourth-order valence-electron chi connectivity index (χ4n) is 1.97. The lowest BCUT2D eigenvalue weighted by atomic mass is 10.1. The largest absolute Gasteiger partial charge is 0.490 e. The lowest BCUT2D eigenvalue weighted by molar-refractivity contribution is 0.174. The van der Waals surface area contributed by atoms with Gasteiger partial charge in [0.15, 0.2) is 0 Å². The van der Waals surface area contributed by atoms with Crippen molar-refractivity contribution in [3.63, 3.8) is 0 Å². The summed E-state index contributed by atoms with van der Waals surface area (Å²) in [5.74, 6) is 1.02. The van der Waals surface area contributed by atoms with Gasteiger partial charge in [-0.3, -0.25) is 0 Å². The average molecular weight is 266 g/mol. The Bertz CT molecular complexity index is 299. The molecule has 1 nitrogen and oxygen atoms in total. The summed E-state index contributed by atoms with van der Waals surface area (Å²) in [6, 6.07) is 8.46. The highest BCUT2D eigenvalue weighted by Crippen LogP contribution is 2.22. The van der Waals surface area contributed by atoms with Crippen molar-refractivity contribution in [3.05, 3.63) is 24.3 Å². The molecule has 0 saturated heterocycles. The van der Waals surface area contributed by atoms with Crippen LogP contribution in [0.2, 0.25) is 0 Å². The zero-order chi connectivity index (χ0) is 13.2. The number of rotatable bonds is 9. The second-order valence-corrected chi connectivity index (χ2v) is 5.58. The number of hydrogen-bond donors (Lipinski definition) is 0. The Morgan fingerprint density at radius 3 is 2.00 bits per heavy atom. The van der Waals surface area contributed by atoms with Crippen molar-refractivity contribution in [2.24, 2.45) is 0 Å². The quantitative estimate of drug-likeness (QED) is 0.543. The van der Waals surface area contributed by atoms with E-state index in [0.717, 1.165) is 5.75 Å². The molecule has 0 radical (unpaired) electrons. The SMILES string of the molecule is CCCCC(CCCC)Oc1ccc(SC)cc1. The number of unbranched alkanes of at least 4 members (excludes halogenated alkanes) is 2. The monoisotopic (exact) mass is 266 g/mol. The van der Waals surface area contributed by atoms with Crippen LogP contribution in [0, 0.1) is 0 Å². The van der Waals surface area contributed by atoms with Crippen LogP contribution < -0.4 is 4.74 Å². The lowest BCUT2D eigenvalue weighted by Crippen LogP contribution is -2.16. The standard InChI is InChI=1S/C16H26OS/c1-4-6-8-14(9-7-5-2)17-15-10-12-16(18-3)13-11-15/h10-14H,4-9H2,1-3H3. The Balaban J connectivity index is 2.51. The molecule has 0 unspecified atom stereocenters. The van der Waals surface area contributed by atoms with Crippen LogP contribution in [0.5, 0.6) is 5.75 Å². The van der Waals surface area contributed by atoms with Crippen LogP contribution in [-0.2, 0) is 0 Å². The molecule has 0 aromatic heterocycles. The van der Waals surface area contributed by atoms with Gasteiger partial charge in [-0.25, -0.2) is 0 Å². The van der Waals surface area contributed by atoms with E-state index in [-0.39, 0.29) is 0 Å². The summed E-state index contributed by atoms with van der Waals surface area (Å²) < 4.78 is 6.11. The highest BCUT2D eigenvalue weighted by Gasteiger charge is 2.09. The molecule has 1 aromatic rings. The van der Waals surface area contributed by atoms with Gasteiger partial charge in [0.05, 0.1) is 6.10 Å². The third-order valence-electron chi connectivity index (χ3n) is 3.12. The summed E-state index contributed by atoms with van der Waals surface area (Å²) in [5, 5.41) is 0. The zero-order valence-electron chi connectivity index (χ0n) is 11.9. The molecule has 0 atom stereocenters. The van der Waals surface area contributed by atoms with Gasteiger partial charge < -0.3 is 4.74 Å². The van der Waals surface area contributed by atoms with Crippen molar-refractivity contribution in [2.75, 3.05) is 6.26 Å². The molecule has 0 aliphatic carbocycles.